The Hall–Kier alpha value is -2.69. The molecule has 1 aliphatic heterocycles. The van der Waals surface area contributed by atoms with Gasteiger partial charge in [0.1, 0.15) is 11.9 Å². The molecule has 1 heterocycles. The molecule has 0 radical (unpaired) electrons. The molecule has 1 amide bonds. The Bertz CT molecular complexity index is 1090. The van der Waals surface area contributed by atoms with Gasteiger partial charge in [0, 0.05) is 23.7 Å². The van der Waals surface area contributed by atoms with Crippen molar-refractivity contribution in [3.8, 4) is 5.75 Å². The van der Waals surface area contributed by atoms with E-state index >= 15 is 0 Å². The molecule has 1 aliphatic rings. The second-order valence-corrected chi connectivity index (χ2v) is 10.4. The van der Waals surface area contributed by atoms with Gasteiger partial charge >= 0.3 is 6.18 Å². The number of hydroxylamine groups is 1. The van der Waals surface area contributed by atoms with Crippen molar-refractivity contribution < 1.29 is 27.9 Å². The largest absolute Gasteiger partial charge is 0.490 e. The van der Waals surface area contributed by atoms with Gasteiger partial charge in [0.05, 0.1) is 11.1 Å². The molecule has 0 spiro atoms. The van der Waals surface area contributed by atoms with Crippen LogP contribution in [0.1, 0.15) is 35.7 Å². The van der Waals surface area contributed by atoms with E-state index in [-0.39, 0.29) is 17.4 Å². The molecule has 0 saturated carbocycles. The summed E-state index contributed by atoms with van der Waals surface area (Å²) < 4.78 is 46.3. The molecule has 4 N–H and O–H groups in total. The van der Waals surface area contributed by atoms with Gasteiger partial charge in [-0.1, -0.05) is 17.3 Å². The zero-order valence-electron chi connectivity index (χ0n) is 17.6. The molecule has 0 aliphatic carbocycles. The maximum Gasteiger partial charge on any atom is 0.416 e. The van der Waals surface area contributed by atoms with Gasteiger partial charge in [-0.2, -0.15) is 13.2 Å². The summed E-state index contributed by atoms with van der Waals surface area (Å²) >= 11 is 0. The third kappa shape index (κ3) is 4.87. The van der Waals surface area contributed by atoms with Crippen LogP contribution >= 0.6 is 9.39 Å². The van der Waals surface area contributed by atoms with Crippen molar-refractivity contribution in [3.63, 3.8) is 0 Å². The summed E-state index contributed by atoms with van der Waals surface area (Å²) in [6.45, 7) is 3.10. The lowest BCUT2D eigenvalue weighted by Gasteiger charge is -2.38. The maximum atomic E-state index is 12.7. The predicted octanol–water partition coefficient (Wildman–Crippen LogP) is 4.28. The van der Waals surface area contributed by atoms with Crippen LogP contribution in [0.2, 0.25) is 0 Å². The van der Waals surface area contributed by atoms with Gasteiger partial charge in [-0.05, 0) is 56.2 Å². The van der Waals surface area contributed by atoms with E-state index in [9.17, 15) is 18.0 Å². The fraction of sp³-hybridized carbons (Fsp3) is 0.318. The third-order valence-electron chi connectivity index (χ3n) is 5.50. The van der Waals surface area contributed by atoms with Gasteiger partial charge in [-0.25, -0.2) is 5.48 Å². The molecule has 10 heteroatoms. The highest BCUT2D eigenvalue weighted by molar-refractivity contribution is 8.26. The molecule has 2 aromatic carbocycles. The number of hydrogen-bond donors (Lipinski definition) is 3. The summed E-state index contributed by atoms with van der Waals surface area (Å²) in [6, 6.07) is 9.80. The third-order valence-corrected chi connectivity index (χ3v) is 8.67. The average Bonchev–Trinajstić information content (AvgIpc) is 2.78. The molecule has 174 valence electrons. The number of anilines is 1. The number of nitrogen functional groups attached to an aromatic ring is 1. The predicted molar refractivity (Wildman–Crippen MR) is 121 cm³/mol. The number of hydrogen-bond acceptors (Lipinski definition) is 5. The van der Waals surface area contributed by atoms with Crippen LogP contribution in [0.3, 0.4) is 0 Å². The number of alkyl halides is 3. The Balaban J connectivity index is 1.75. The smallest absolute Gasteiger partial charge is 0.416 e. The number of rotatable bonds is 5. The zero-order chi connectivity index (χ0) is 23.5. The van der Waals surface area contributed by atoms with E-state index in [4.69, 9.17) is 15.7 Å². The van der Waals surface area contributed by atoms with E-state index in [1.54, 1.807) is 23.7 Å². The summed E-state index contributed by atoms with van der Waals surface area (Å²) in [5, 5.41) is 11.1. The van der Waals surface area contributed by atoms with Crippen LogP contribution in [0.4, 0.5) is 18.9 Å². The minimum absolute atomic E-state index is 0.149. The lowest BCUT2D eigenvalue weighted by molar-refractivity contribution is -0.137. The highest BCUT2D eigenvalue weighted by atomic mass is 32.2. The van der Waals surface area contributed by atoms with Crippen molar-refractivity contribution in [1.29, 1.82) is 0 Å². The number of carbonyl (C=O) groups is 1. The standard InChI is InChI=1S/C22H26F3N3O3S/c1-3-32(2,19-6-4-5-18(26)20(19)21(29)27-30)28-13-11-17(12-14-28)31-16-9-7-15(8-10-16)22(23,24)25/h3-10,17,30H,2,11-14,26H2,1H3,(H,27,29). The number of nitrogens with two attached hydrogens (primary N) is 1. The molecule has 6 nitrogen and oxygen atoms in total. The fourth-order valence-electron chi connectivity index (χ4n) is 3.75. The second kappa shape index (κ2) is 9.43. The highest BCUT2D eigenvalue weighted by Gasteiger charge is 2.31. The molecule has 1 fully saturated rings. The van der Waals surface area contributed by atoms with Gasteiger partial charge in [-0.15, -0.1) is 9.39 Å². The quantitative estimate of drug-likeness (QED) is 0.263. The molecular formula is C22H26F3N3O3S. The van der Waals surface area contributed by atoms with E-state index < -0.39 is 27.0 Å². The first-order valence-corrected chi connectivity index (χ1v) is 11.8. The number of nitrogens with zero attached hydrogens (tertiary/aromatic N) is 1. The molecule has 2 aromatic rings. The number of halogens is 3. The number of carbonyl (C=O) groups excluding carboxylic acids is 1. The zero-order valence-corrected chi connectivity index (χ0v) is 18.4. The Kier molecular flexibility index (Phi) is 7.06. The molecule has 1 atom stereocenters. The maximum absolute atomic E-state index is 12.7. The van der Waals surface area contributed by atoms with Crippen molar-refractivity contribution in [2.24, 2.45) is 0 Å². The summed E-state index contributed by atoms with van der Waals surface area (Å²) in [5.74, 6) is 4.13. The SMILES string of the molecule is C=S(=CC)(c1cccc(N)c1C(=O)NO)N1CCC(Oc2ccc(C(F)(F)F)cc2)CC1. The highest BCUT2D eigenvalue weighted by Crippen LogP contribution is 2.43. The van der Waals surface area contributed by atoms with Crippen LogP contribution in [0, 0.1) is 0 Å². The lowest BCUT2D eigenvalue weighted by Crippen LogP contribution is -2.37. The van der Waals surface area contributed by atoms with Crippen molar-refractivity contribution in [1.82, 2.24) is 9.79 Å². The van der Waals surface area contributed by atoms with Crippen LogP contribution < -0.4 is 16.0 Å². The van der Waals surface area contributed by atoms with E-state index in [1.165, 1.54) is 12.1 Å². The Morgan fingerprint density at radius 3 is 2.41 bits per heavy atom. The van der Waals surface area contributed by atoms with Crippen molar-refractivity contribution >= 4 is 32.2 Å². The minimum Gasteiger partial charge on any atom is -0.490 e. The first kappa shape index (κ1) is 24.0. The Morgan fingerprint density at radius 2 is 1.88 bits per heavy atom. The lowest BCUT2D eigenvalue weighted by atomic mass is 10.1. The molecule has 1 saturated heterocycles. The summed E-state index contributed by atoms with van der Waals surface area (Å²) in [4.78, 5) is 12.9. The van der Waals surface area contributed by atoms with E-state index in [1.807, 2.05) is 12.3 Å². The molecule has 3 rings (SSSR count). The first-order chi connectivity index (χ1) is 15.1. The summed E-state index contributed by atoms with van der Waals surface area (Å²) in [5.41, 5.74) is 7.40. The molecule has 0 aromatic heterocycles. The first-order valence-electron chi connectivity index (χ1n) is 9.98. The Labute approximate surface area is 185 Å². The van der Waals surface area contributed by atoms with E-state index in [0.29, 0.717) is 36.6 Å². The second-order valence-electron chi connectivity index (χ2n) is 7.42. The van der Waals surface area contributed by atoms with Gasteiger partial charge in [0.2, 0.25) is 0 Å². The normalized spacial score (nSPS) is 17.4. The van der Waals surface area contributed by atoms with Gasteiger partial charge in [0.25, 0.3) is 5.91 Å². The van der Waals surface area contributed by atoms with Gasteiger partial charge in [0.15, 0.2) is 0 Å². The van der Waals surface area contributed by atoms with Gasteiger partial charge in [-0.3, -0.25) is 14.3 Å². The summed E-state index contributed by atoms with van der Waals surface area (Å²) in [7, 11) is -1.96. The fourth-order valence-corrected chi connectivity index (χ4v) is 6.32. The number of benzene rings is 2. The topological polar surface area (TPSA) is 87.8 Å². The molecule has 0 bridgehead atoms. The minimum atomic E-state index is -4.38. The monoisotopic (exact) mass is 469 g/mol. The molecule has 1 unspecified atom stereocenters. The summed E-state index contributed by atoms with van der Waals surface area (Å²) in [6.07, 6.45) is -3.25. The van der Waals surface area contributed by atoms with Crippen molar-refractivity contribution in [3.05, 3.63) is 53.6 Å². The van der Waals surface area contributed by atoms with Crippen molar-refractivity contribution in [2.75, 3.05) is 18.8 Å². The van der Waals surface area contributed by atoms with E-state index in [0.717, 1.165) is 12.1 Å². The number of ether oxygens (including phenoxy) is 1. The number of amides is 1. The Morgan fingerprint density at radius 1 is 1.25 bits per heavy atom. The van der Waals surface area contributed by atoms with Crippen LogP contribution in [0.25, 0.3) is 0 Å². The van der Waals surface area contributed by atoms with Crippen LogP contribution in [-0.2, 0) is 6.18 Å². The number of nitrogens with one attached hydrogen (secondary N) is 1. The van der Waals surface area contributed by atoms with Crippen molar-refractivity contribution in [2.45, 2.75) is 36.9 Å². The molecule has 32 heavy (non-hydrogen) atoms. The average molecular weight is 470 g/mol. The van der Waals surface area contributed by atoms with Gasteiger partial charge < -0.3 is 10.5 Å². The molecular weight excluding hydrogens is 443 g/mol. The van der Waals surface area contributed by atoms with E-state index in [2.05, 4.69) is 10.2 Å². The van der Waals surface area contributed by atoms with Crippen LogP contribution in [0.15, 0.2) is 47.4 Å². The van der Waals surface area contributed by atoms with Crippen LogP contribution in [0.5, 0.6) is 5.75 Å². The number of piperidine rings is 1. The van der Waals surface area contributed by atoms with Crippen LogP contribution in [-0.4, -0.2) is 45.9 Å².